The van der Waals surface area contributed by atoms with Crippen LogP contribution in [0.15, 0.2) is 24.3 Å². The van der Waals surface area contributed by atoms with Gasteiger partial charge in [-0.2, -0.15) is 0 Å². The summed E-state index contributed by atoms with van der Waals surface area (Å²) in [5, 5.41) is 0. The largest absolute Gasteiger partial charge is 1.00 e. The van der Waals surface area contributed by atoms with Gasteiger partial charge in [-0.05, 0) is 77.0 Å². The van der Waals surface area contributed by atoms with E-state index < -0.39 is 37.8 Å². The summed E-state index contributed by atoms with van der Waals surface area (Å²) >= 11 is 9.50. The van der Waals surface area contributed by atoms with E-state index in [1.54, 1.807) is 12.2 Å². The van der Waals surface area contributed by atoms with Crippen molar-refractivity contribution in [2.24, 2.45) is 16.7 Å². The topological polar surface area (TPSA) is 0 Å². The van der Waals surface area contributed by atoms with Crippen LogP contribution in [-0.2, 0) is 0 Å². The fourth-order valence-corrected chi connectivity index (χ4v) is 7.89. The van der Waals surface area contributed by atoms with E-state index in [9.17, 15) is 35.1 Å². The van der Waals surface area contributed by atoms with Gasteiger partial charge in [-0.25, -0.2) is 35.1 Å². The van der Waals surface area contributed by atoms with E-state index in [0.717, 1.165) is 6.42 Å². The van der Waals surface area contributed by atoms with E-state index in [0.29, 0.717) is 57.8 Å². The Morgan fingerprint density at radius 1 is 0.787 bits per heavy atom. The summed E-state index contributed by atoms with van der Waals surface area (Å²) in [6.45, 7) is 5.09. The third kappa shape index (κ3) is 15.8. The SMILES string of the molecule is C.C.C.C.C=C1CCCC1(F)F.CBr.CCC1CCCC1(F)F.FC1(F)CCCC12C=C2.FC1(F)CCCC12CC2(Br)Br.[2H][B].[I-].[Na+].[U]. The van der Waals surface area contributed by atoms with Gasteiger partial charge in [0.05, 0.1) is 14.1 Å². The zero-order valence-corrected chi connectivity index (χ0v) is 38.0. The molecular weight excluding hydrogens is 1170 g/mol. The second-order valence-electron chi connectivity index (χ2n) is 11.4. The Morgan fingerprint density at radius 3 is 1.38 bits per heavy atom. The summed E-state index contributed by atoms with van der Waals surface area (Å²) in [5.41, 5.74) is -1.40. The molecule has 0 amide bonds. The first kappa shape index (κ1) is 62.2. The zero-order chi connectivity index (χ0) is 32.0. The number of hydrogen-bond acceptors (Lipinski definition) is 0. The Hall–Kier alpha value is 3.21. The molecule has 0 saturated heterocycles. The molecule has 0 N–H and O–H groups in total. The maximum atomic E-state index is 13.2. The third-order valence-corrected chi connectivity index (χ3v) is 10.9. The number of alkyl halides is 11. The van der Waals surface area contributed by atoms with Gasteiger partial charge >= 0.3 is 29.6 Å². The van der Waals surface area contributed by atoms with E-state index in [1.165, 1.54) is 0 Å². The van der Waals surface area contributed by atoms with Crippen molar-refractivity contribution >= 4 is 56.2 Å². The first-order chi connectivity index (χ1) is 18.9. The van der Waals surface area contributed by atoms with Crippen molar-refractivity contribution in [2.45, 2.75) is 153 Å². The fraction of sp³-hybridized carbons (Fsp3) is 0.875. The van der Waals surface area contributed by atoms with Crippen LogP contribution < -0.4 is 53.5 Å². The van der Waals surface area contributed by atoms with E-state index in [2.05, 4.69) is 62.7 Å². The minimum atomic E-state index is -2.54. The molecule has 6 aliphatic rings. The van der Waals surface area contributed by atoms with Gasteiger partial charge in [0.15, 0.2) is 0 Å². The maximum Gasteiger partial charge on any atom is 1.00 e. The minimum Gasteiger partial charge on any atom is -1.00 e. The molecule has 15 heteroatoms. The van der Waals surface area contributed by atoms with Crippen LogP contribution in [0.25, 0.3) is 0 Å². The number of allylic oxidation sites excluding steroid dienone is 3. The predicted molar refractivity (Wildman–Crippen MR) is 186 cm³/mol. The smallest absolute Gasteiger partial charge is 1.00 e. The van der Waals surface area contributed by atoms with Crippen LogP contribution in [0.4, 0.5) is 35.1 Å². The first-order valence-corrected chi connectivity index (χ1v) is 16.7. The Labute approximate surface area is 373 Å². The first-order valence-electron chi connectivity index (χ1n) is 14.1. The van der Waals surface area contributed by atoms with E-state index in [-0.39, 0.29) is 152 Å². The summed E-state index contributed by atoms with van der Waals surface area (Å²) in [7, 11) is 3.75. The number of halogens is 12. The van der Waals surface area contributed by atoms with Gasteiger partial charge in [0.25, 0.3) is 23.7 Å². The standard InChI is InChI=1S/C7H8Br2F2.C7H8F2.C7H12F2.C6H8F2.CH3Br.4CH4.BH.HI.Na.U/c8-6(9)4-5(6)2-1-3-7(5,10)11;8-7(9)3-1-2-6(7)4-5-6;1-2-6-4-3-5-7(6,8)9;1-5-3-2-4-6(5,7)8;1-2;;;;;;;;/h1-4H2;4-5H,1-3H2;6H,2-5H2,1H3;1-4H2;1H3;4*1H4;2*1H;;/q;;;;;;;;;;;+1;/p-1/i;;;;;;;;;1D;;;. The second-order valence-corrected chi connectivity index (χ2v) is 15.1. The fourth-order valence-electron chi connectivity index (χ4n) is 5.95. The second kappa shape index (κ2) is 25.3. The van der Waals surface area contributed by atoms with Crippen LogP contribution in [-0.4, -0.2) is 42.5 Å². The quantitative estimate of drug-likeness (QED) is 0.0819. The molecule has 0 heterocycles. The molecule has 5 fully saturated rings. The van der Waals surface area contributed by atoms with Gasteiger partial charge in [0.2, 0.25) is 0 Å². The summed E-state index contributed by atoms with van der Waals surface area (Å²) in [5.74, 6) is -8.26. The molecule has 276 valence electrons. The molecule has 2 unspecified atom stereocenters. The van der Waals surface area contributed by atoms with Gasteiger partial charge < -0.3 is 24.0 Å². The maximum absolute atomic E-state index is 13.2. The van der Waals surface area contributed by atoms with Crippen molar-refractivity contribution < 1.29 is 120 Å². The van der Waals surface area contributed by atoms with E-state index >= 15 is 0 Å². The number of rotatable bonds is 1. The summed E-state index contributed by atoms with van der Waals surface area (Å²) in [6, 6.07) is 0. The average Bonchev–Trinajstić information content (AvgIpc) is 3.60. The molecule has 0 nitrogen and oxygen atoms in total. The third-order valence-electron chi connectivity index (χ3n) is 8.86. The van der Waals surface area contributed by atoms with Crippen LogP contribution in [0.2, 0.25) is 0 Å². The summed E-state index contributed by atoms with van der Waals surface area (Å²) < 4.78 is 106. The molecule has 0 aliphatic heterocycles. The van der Waals surface area contributed by atoms with Crippen LogP contribution in [0.1, 0.15) is 127 Å². The molecule has 47 heavy (non-hydrogen) atoms. The Kier molecular flexibility index (Phi) is 33.5. The molecular formula is C32H56BBr3F8INaU. The Bertz CT molecular complexity index is 893. The normalized spacial score (nSPS) is 28.0. The summed E-state index contributed by atoms with van der Waals surface area (Å²) in [4.78, 5) is 0. The monoisotopic (exact) mass is 1230 g/mol. The molecule has 6 aliphatic carbocycles. The van der Waals surface area contributed by atoms with Gasteiger partial charge in [-0.3, -0.25) is 0 Å². The van der Waals surface area contributed by atoms with Crippen molar-refractivity contribution in [3.63, 3.8) is 0 Å². The molecule has 2 atom stereocenters. The molecule has 5 saturated carbocycles. The van der Waals surface area contributed by atoms with Crippen LogP contribution in [0, 0.1) is 47.9 Å². The molecule has 0 bridgehead atoms. The van der Waals surface area contributed by atoms with Crippen molar-refractivity contribution in [2.75, 3.05) is 5.83 Å². The van der Waals surface area contributed by atoms with Gasteiger partial charge in [-0.1, -0.05) is 103 Å². The van der Waals surface area contributed by atoms with Crippen LogP contribution in [0.5, 0.6) is 0 Å². The zero-order valence-electron chi connectivity index (χ0n) is 26.0. The summed E-state index contributed by atoms with van der Waals surface area (Å²) in [6.07, 6.45) is 9.94. The molecule has 0 aromatic carbocycles. The average molecular weight is 1230 g/mol. The van der Waals surface area contributed by atoms with E-state index in [4.69, 9.17) is 1.34 Å². The van der Waals surface area contributed by atoms with Gasteiger partial charge in [0.1, 0.15) is 0 Å². The molecule has 0 aromatic rings. The predicted octanol–water partition coefficient (Wildman–Crippen LogP) is 8.15. The van der Waals surface area contributed by atoms with Gasteiger partial charge in [-0.15, -0.1) is 0 Å². The molecule has 2 spiro atoms. The van der Waals surface area contributed by atoms with Crippen molar-refractivity contribution in [3.05, 3.63) is 24.3 Å². The van der Waals surface area contributed by atoms with Crippen molar-refractivity contribution in [3.8, 4) is 0 Å². The Balaban J connectivity index is -0.0000000865. The van der Waals surface area contributed by atoms with Crippen molar-refractivity contribution in [1.29, 1.82) is 1.34 Å². The molecule has 6 rings (SSSR count). The van der Waals surface area contributed by atoms with Gasteiger partial charge in [0, 0.05) is 71.1 Å². The molecule has 2 radical (unpaired) electrons. The number of hydrogen-bond donors (Lipinski definition) is 0. The molecule has 0 aromatic heterocycles. The van der Waals surface area contributed by atoms with E-state index in [1.807, 2.05) is 12.8 Å². The van der Waals surface area contributed by atoms with Crippen molar-refractivity contribution in [1.82, 2.24) is 0 Å². The van der Waals surface area contributed by atoms with Crippen LogP contribution >= 0.6 is 47.8 Å². The minimum absolute atomic E-state index is 0. The van der Waals surface area contributed by atoms with Crippen LogP contribution in [0.3, 0.4) is 0 Å². The Morgan fingerprint density at radius 2 is 1.23 bits per heavy atom.